The van der Waals surface area contributed by atoms with Crippen molar-refractivity contribution in [2.24, 2.45) is 0 Å². The maximum absolute atomic E-state index is 2.76. The number of rotatable bonds is 1. The van der Waals surface area contributed by atoms with Gasteiger partial charge in [0.15, 0.2) is 0 Å². The van der Waals surface area contributed by atoms with E-state index < -0.39 is 0 Å². The zero-order chi connectivity index (χ0) is 8.67. The van der Waals surface area contributed by atoms with Crippen molar-refractivity contribution < 1.29 is 0 Å². The van der Waals surface area contributed by atoms with Crippen molar-refractivity contribution in [1.82, 2.24) is 9.80 Å². The Morgan fingerprint density at radius 2 is 1.46 bits per heavy atom. The van der Waals surface area contributed by atoms with E-state index in [0.717, 1.165) is 12.1 Å². The predicted molar refractivity (Wildman–Crippen MR) is 53.8 cm³/mol. The minimum absolute atomic E-state index is 0.925. The summed E-state index contributed by atoms with van der Waals surface area (Å²) in [6, 6.07) is 1.90. The molecule has 0 N–H and O–H groups in total. The molecule has 3 rings (SSSR count). The molecule has 3 aliphatic rings. The molecule has 2 aliphatic heterocycles. The largest absolute Gasteiger partial charge is 0.298 e. The zero-order valence-corrected chi connectivity index (χ0v) is 8.41. The van der Waals surface area contributed by atoms with E-state index in [1.807, 2.05) is 0 Å². The van der Waals surface area contributed by atoms with Crippen molar-refractivity contribution in [2.45, 2.75) is 44.2 Å². The second kappa shape index (κ2) is 3.25. The summed E-state index contributed by atoms with van der Waals surface area (Å²) in [6.07, 6.45) is 7.35. The third-order valence-electron chi connectivity index (χ3n) is 4.21. The molecule has 1 atom stereocenters. The van der Waals surface area contributed by atoms with Crippen molar-refractivity contribution in [2.75, 3.05) is 26.2 Å². The van der Waals surface area contributed by atoms with Crippen molar-refractivity contribution in [3.8, 4) is 0 Å². The van der Waals surface area contributed by atoms with Crippen LogP contribution < -0.4 is 0 Å². The Morgan fingerprint density at radius 1 is 0.692 bits per heavy atom. The van der Waals surface area contributed by atoms with E-state index in [-0.39, 0.29) is 0 Å². The second-order valence-corrected chi connectivity index (χ2v) is 4.91. The van der Waals surface area contributed by atoms with Crippen LogP contribution in [0.3, 0.4) is 0 Å². The number of hydrogen-bond donors (Lipinski definition) is 0. The molecule has 0 aromatic rings. The predicted octanol–water partition coefficient (Wildman–Crippen LogP) is 1.32. The molecule has 2 heterocycles. The molecule has 2 saturated heterocycles. The molecular weight excluding hydrogens is 160 g/mol. The highest BCUT2D eigenvalue weighted by Crippen LogP contribution is 2.29. The minimum atomic E-state index is 0.925. The van der Waals surface area contributed by atoms with Crippen LogP contribution in [0.4, 0.5) is 0 Å². The van der Waals surface area contributed by atoms with Crippen LogP contribution in [0.15, 0.2) is 0 Å². The van der Waals surface area contributed by atoms with E-state index in [1.165, 1.54) is 58.3 Å². The van der Waals surface area contributed by atoms with Crippen molar-refractivity contribution in [1.29, 1.82) is 0 Å². The molecule has 74 valence electrons. The molecule has 0 aromatic heterocycles. The Balaban J connectivity index is 1.60. The van der Waals surface area contributed by atoms with Gasteiger partial charge in [-0.1, -0.05) is 6.42 Å². The van der Waals surface area contributed by atoms with Crippen LogP contribution in [0, 0.1) is 0 Å². The molecule has 3 fully saturated rings. The highest BCUT2D eigenvalue weighted by Gasteiger charge is 2.34. The Hall–Kier alpha value is -0.0800. The van der Waals surface area contributed by atoms with Crippen molar-refractivity contribution >= 4 is 0 Å². The molecule has 0 radical (unpaired) electrons. The van der Waals surface area contributed by atoms with Crippen LogP contribution in [0.25, 0.3) is 0 Å². The van der Waals surface area contributed by atoms with E-state index in [9.17, 15) is 0 Å². The van der Waals surface area contributed by atoms with Crippen LogP contribution in [0.1, 0.15) is 32.1 Å². The van der Waals surface area contributed by atoms with E-state index in [4.69, 9.17) is 0 Å². The van der Waals surface area contributed by atoms with Gasteiger partial charge in [-0.25, -0.2) is 0 Å². The van der Waals surface area contributed by atoms with Crippen LogP contribution in [0.2, 0.25) is 0 Å². The average molecular weight is 180 g/mol. The molecule has 1 unspecified atom stereocenters. The zero-order valence-electron chi connectivity index (χ0n) is 8.41. The lowest BCUT2D eigenvalue weighted by molar-refractivity contribution is 0.0420. The van der Waals surface area contributed by atoms with Gasteiger partial charge in [-0.05, 0) is 32.2 Å². The lowest BCUT2D eigenvalue weighted by Crippen LogP contribution is -2.54. The molecular formula is C11H20N2. The van der Waals surface area contributed by atoms with E-state index in [0.29, 0.717) is 0 Å². The first-order valence-corrected chi connectivity index (χ1v) is 5.91. The van der Waals surface area contributed by atoms with Crippen LogP contribution >= 0.6 is 0 Å². The summed E-state index contributed by atoms with van der Waals surface area (Å²) in [7, 11) is 0. The van der Waals surface area contributed by atoms with Gasteiger partial charge in [0.05, 0.1) is 0 Å². The Bertz CT molecular complexity index is 189. The normalized spacial score (nSPS) is 37.4. The van der Waals surface area contributed by atoms with Gasteiger partial charge in [0.2, 0.25) is 0 Å². The van der Waals surface area contributed by atoms with Gasteiger partial charge in [-0.2, -0.15) is 0 Å². The monoisotopic (exact) mass is 180 g/mol. The Morgan fingerprint density at radius 3 is 2.23 bits per heavy atom. The summed E-state index contributed by atoms with van der Waals surface area (Å²) in [5.41, 5.74) is 0. The van der Waals surface area contributed by atoms with Gasteiger partial charge < -0.3 is 0 Å². The highest BCUT2D eigenvalue weighted by atomic mass is 15.3. The quantitative estimate of drug-likeness (QED) is 0.600. The molecule has 13 heavy (non-hydrogen) atoms. The van der Waals surface area contributed by atoms with Gasteiger partial charge in [0, 0.05) is 31.7 Å². The Kier molecular flexibility index (Phi) is 2.06. The minimum Gasteiger partial charge on any atom is -0.298 e. The maximum Gasteiger partial charge on any atom is 0.0224 e. The summed E-state index contributed by atoms with van der Waals surface area (Å²) in [5, 5.41) is 0. The molecule has 0 amide bonds. The van der Waals surface area contributed by atoms with E-state index in [1.54, 1.807) is 0 Å². The average Bonchev–Trinajstić information content (AvgIpc) is 2.47. The summed E-state index contributed by atoms with van der Waals surface area (Å²) in [4.78, 5) is 5.46. The Labute approximate surface area is 80.9 Å². The second-order valence-electron chi connectivity index (χ2n) is 4.91. The summed E-state index contributed by atoms with van der Waals surface area (Å²) in [5.74, 6) is 0. The molecule has 1 saturated carbocycles. The molecule has 0 spiro atoms. The lowest BCUT2D eigenvalue weighted by atomic mass is 9.90. The topological polar surface area (TPSA) is 6.48 Å². The third-order valence-corrected chi connectivity index (χ3v) is 4.21. The maximum atomic E-state index is 2.76. The molecule has 1 aliphatic carbocycles. The number of piperazine rings is 1. The summed E-state index contributed by atoms with van der Waals surface area (Å²) >= 11 is 0. The number of fused-ring (bicyclic) bond motifs is 1. The summed E-state index contributed by atoms with van der Waals surface area (Å²) in [6.45, 7) is 5.45. The summed E-state index contributed by atoms with van der Waals surface area (Å²) < 4.78 is 0. The molecule has 0 aromatic carbocycles. The number of nitrogens with zero attached hydrogens (tertiary/aromatic N) is 2. The lowest BCUT2D eigenvalue weighted by Gasteiger charge is -2.44. The van der Waals surface area contributed by atoms with E-state index >= 15 is 0 Å². The smallest absolute Gasteiger partial charge is 0.0224 e. The van der Waals surface area contributed by atoms with Crippen LogP contribution in [0.5, 0.6) is 0 Å². The van der Waals surface area contributed by atoms with Gasteiger partial charge in [-0.3, -0.25) is 9.80 Å². The number of hydrogen-bond acceptors (Lipinski definition) is 2. The fourth-order valence-corrected chi connectivity index (χ4v) is 3.10. The van der Waals surface area contributed by atoms with Crippen molar-refractivity contribution in [3.05, 3.63) is 0 Å². The standard InChI is InChI=1S/C11H20N2/c1-3-10(4-1)13-8-7-12-6-2-5-11(12)9-13/h10-11H,1-9H2. The first kappa shape index (κ1) is 8.25. The fourth-order valence-electron chi connectivity index (χ4n) is 3.10. The van der Waals surface area contributed by atoms with Crippen LogP contribution in [-0.2, 0) is 0 Å². The first-order chi connectivity index (χ1) is 6.43. The van der Waals surface area contributed by atoms with Crippen molar-refractivity contribution in [3.63, 3.8) is 0 Å². The van der Waals surface area contributed by atoms with Gasteiger partial charge in [0.25, 0.3) is 0 Å². The first-order valence-electron chi connectivity index (χ1n) is 5.91. The van der Waals surface area contributed by atoms with Gasteiger partial charge in [0.1, 0.15) is 0 Å². The fraction of sp³-hybridized carbons (Fsp3) is 1.00. The SMILES string of the molecule is C1CC(N2CCN3CCCC3C2)C1. The molecule has 0 bridgehead atoms. The highest BCUT2D eigenvalue weighted by molar-refractivity contribution is 4.91. The van der Waals surface area contributed by atoms with Gasteiger partial charge >= 0.3 is 0 Å². The van der Waals surface area contributed by atoms with Crippen LogP contribution in [-0.4, -0.2) is 48.1 Å². The molecule has 2 nitrogen and oxygen atoms in total. The third kappa shape index (κ3) is 1.40. The molecule has 2 heteroatoms. The van der Waals surface area contributed by atoms with E-state index in [2.05, 4.69) is 9.80 Å². The van der Waals surface area contributed by atoms with Gasteiger partial charge in [-0.15, -0.1) is 0 Å².